The summed E-state index contributed by atoms with van der Waals surface area (Å²) in [6, 6.07) is 5.91. The van der Waals surface area contributed by atoms with Gasteiger partial charge in [0.05, 0.1) is 6.54 Å². The predicted molar refractivity (Wildman–Crippen MR) is 94.5 cm³/mol. The van der Waals surface area contributed by atoms with Crippen molar-refractivity contribution in [1.29, 1.82) is 0 Å². The van der Waals surface area contributed by atoms with Crippen molar-refractivity contribution >= 4 is 11.9 Å². The third-order valence-corrected chi connectivity index (χ3v) is 3.46. The van der Waals surface area contributed by atoms with Crippen molar-refractivity contribution in [3.8, 4) is 0 Å². The van der Waals surface area contributed by atoms with E-state index >= 15 is 0 Å². The Morgan fingerprint density at radius 1 is 1.22 bits per heavy atom. The van der Waals surface area contributed by atoms with E-state index < -0.39 is 0 Å². The number of carbonyl (C=O) groups is 1. The van der Waals surface area contributed by atoms with Crippen LogP contribution >= 0.6 is 0 Å². The van der Waals surface area contributed by atoms with Gasteiger partial charge in [-0.05, 0) is 32.9 Å². The molecule has 1 aromatic heterocycles. The molecule has 0 saturated heterocycles. The minimum absolute atomic E-state index is 0.156. The minimum atomic E-state index is 0.156. The van der Waals surface area contributed by atoms with Gasteiger partial charge in [-0.1, -0.05) is 6.07 Å². The zero-order chi connectivity index (χ0) is 16.9. The molecule has 0 aliphatic carbocycles. The van der Waals surface area contributed by atoms with E-state index in [9.17, 15) is 4.79 Å². The Balaban J connectivity index is 2.39. The number of carbonyl (C=O) groups excluding carboxylic acids is 1. The van der Waals surface area contributed by atoms with E-state index in [0.29, 0.717) is 13.0 Å². The van der Waals surface area contributed by atoms with Crippen LogP contribution < -0.4 is 10.6 Å². The lowest BCUT2D eigenvalue weighted by molar-refractivity contribution is -0.130. The van der Waals surface area contributed by atoms with E-state index in [0.717, 1.165) is 44.3 Å². The number of aromatic nitrogens is 1. The van der Waals surface area contributed by atoms with Crippen LogP contribution in [0.3, 0.4) is 0 Å². The quantitative estimate of drug-likeness (QED) is 0.534. The molecule has 128 valence electrons. The Kier molecular flexibility index (Phi) is 9.43. The summed E-state index contributed by atoms with van der Waals surface area (Å²) < 4.78 is 0. The molecule has 23 heavy (non-hydrogen) atoms. The van der Waals surface area contributed by atoms with Crippen LogP contribution in [0.4, 0.5) is 0 Å². The highest BCUT2D eigenvalue weighted by molar-refractivity contribution is 5.80. The van der Waals surface area contributed by atoms with Crippen LogP contribution in [-0.2, 0) is 11.2 Å². The van der Waals surface area contributed by atoms with Gasteiger partial charge in [-0.15, -0.1) is 0 Å². The molecule has 0 aliphatic rings. The maximum Gasteiger partial charge on any atom is 0.224 e. The number of hydrogen-bond acceptors (Lipinski definition) is 3. The molecule has 6 heteroatoms. The average molecular weight is 319 g/mol. The van der Waals surface area contributed by atoms with Gasteiger partial charge in [0, 0.05) is 50.9 Å². The molecule has 1 amide bonds. The number of amides is 1. The molecular weight excluding hydrogens is 290 g/mol. The van der Waals surface area contributed by atoms with Gasteiger partial charge in [0.1, 0.15) is 0 Å². The van der Waals surface area contributed by atoms with Gasteiger partial charge in [0.25, 0.3) is 0 Å². The van der Waals surface area contributed by atoms with Crippen LogP contribution in [0.1, 0.15) is 32.9 Å². The maximum absolute atomic E-state index is 12.0. The Hall–Kier alpha value is -2.11. The van der Waals surface area contributed by atoms with E-state index in [-0.39, 0.29) is 5.91 Å². The van der Waals surface area contributed by atoms with Crippen molar-refractivity contribution < 1.29 is 4.79 Å². The van der Waals surface area contributed by atoms with Crippen LogP contribution in [0.5, 0.6) is 0 Å². The van der Waals surface area contributed by atoms with E-state index in [2.05, 4.69) is 20.6 Å². The minimum Gasteiger partial charge on any atom is -0.357 e. The van der Waals surface area contributed by atoms with Crippen LogP contribution in [0.25, 0.3) is 0 Å². The largest absolute Gasteiger partial charge is 0.357 e. The first-order chi connectivity index (χ1) is 11.2. The number of rotatable bonds is 9. The number of aliphatic imine (C=N–C) groups is 1. The fourth-order valence-electron chi connectivity index (χ4n) is 2.19. The van der Waals surface area contributed by atoms with Crippen molar-refractivity contribution in [2.75, 3.05) is 32.7 Å². The number of nitrogens with zero attached hydrogens (tertiary/aromatic N) is 3. The molecule has 0 spiro atoms. The molecule has 0 bridgehead atoms. The average Bonchev–Trinajstić information content (AvgIpc) is 2.57. The number of guanidine groups is 1. The molecule has 6 nitrogen and oxygen atoms in total. The monoisotopic (exact) mass is 319 g/mol. The molecule has 0 atom stereocenters. The van der Waals surface area contributed by atoms with Gasteiger partial charge in [-0.3, -0.25) is 14.8 Å². The third-order valence-electron chi connectivity index (χ3n) is 3.46. The molecule has 1 aromatic rings. The summed E-state index contributed by atoms with van der Waals surface area (Å²) in [5.74, 6) is 0.902. The lowest BCUT2D eigenvalue weighted by atomic mass is 10.3. The molecule has 1 heterocycles. The predicted octanol–water partition coefficient (Wildman–Crippen LogP) is 1.44. The summed E-state index contributed by atoms with van der Waals surface area (Å²) >= 11 is 0. The standard InChI is InChI=1S/C17H29N5O/c1-4-18-17(20-13-10-15-9-7-8-12-19-15)21-14-11-16(23)22(5-2)6-3/h7-9,12H,4-6,10-11,13-14H2,1-3H3,(H2,18,20,21). The molecule has 0 radical (unpaired) electrons. The Morgan fingerprint density at radius 2 is 2.00 bits per heavy atom. The second kappa shape index (κ2) is 11.5. The van der Waals surface area contributed by atoms with Crippen LogP contribution in [-0.4, -0.2) is 54.5 Å². The Bertz CT molecular complexity index is 471. The van der Waals surface area contributed by atoms with Gasteiger partial charge in [-0.25, -0.2) is 0 Å². The summed E-state index contributed by atoms with van der Waals surface area (Å²) in [4.78, 5) is 22.5. The van der Waals surface area contributed by atoms with Crippen molar-refractivity contribution in [2.45, 2.75) is 33.6 Å². The zero-order valence-electron chi connectivity index (χ0n) is 14.5. The highest BCUT2D eigenvalue weighted by Crippen LogP contribution is 1.95. The highest BCUT2D eigenvalue weighted by Gasteiger charge is 2.08. The van der Waals surface area contributed by atoms with E-state index in [1.165, 1.54) is 0 Å². The number of nitrogens with one attached hydrogen (secondary N) is 2. The molecule has 0 unspecified atom stereocenters. The molecule has 1 rings (SSSR count). The highest BCUT2D eigenvalue weighted by atomic mass is 16.2. The zero-order valence-corrected chi connectivity index (χ0v) is 14.5. The molecule has 0 saturated carbocycles. The lowest BCUT2D eigenvalue weighted by Gasteiger charge is -2.18. The van der Waals surface area contributed by atoms with Crippen LogP contribution in [0.2, 0.25) is 0 Å². The molecule has 0 fully saturated rings. The van der Waals surface area contributed by atoms with Gasteiger partial charge in [-0.2, -0.15) is 0 Å². The summed E-state index contributed by atoms with van der Waals surface area (Å²) in [6.45, 7) is 9.56. The van der Waals surface area contributed by atoms with E-state index in [4.69, 9.17) is 0 Å². The second-order valence-corrected chi connectivity index (χ2v) is 5.07. The number of hydrogen-bond donors (Lipinski definition) is 2. The second-order valence-electron chi connectivity index (χ2n) is 5.07. The molecule has 2 N–H and O–H groups in total. The van der Waals surface area contributed by atoms with Crippen LogP contribution in [0.15, 0.2) is 29.4 Å². The lowest BCUT2D eigenvalue weighted by Crippen LogP contribution is -2.38. The van der Waals surface area contributed by atoms with Crippen molar-refractivity contribution in [3.05, 3.63) is 30.1 Å². The molecule has 0 aromatic carbocycles. The SMILES string of the molecule is CCNC(=NCCC(=O)N(CC)CC)NCCc1ccccn1. The molecular formula is C17H29N5O. The molecule has 0 aliphatic heterocycles. The van der Waals surface area contributed by atoms with Gasteiger partial charge in [0.2, 0.25) is 5.91 Å². The fourth-order valence-corrected chi connectivity index (χ4v) is 2.19. The summed E-state index contributed by atoms with van der Waals surface area (Å²) in [6.07, 6.45) is 3.08. The van der Waals surface area contributed by atoms with Crippen molar-refractivity contribution in [2.24, 2.45) is 4.99 Å². The first kappa shape index (κ1) is 18.9. The third kappa shape index (κ3) is 7.63. The first-order valence-electron chi connectivity index (χ1n) is 8.41. The topological polar surface area (TPSA) is 69.6 Å². The first-order valence-corrected chi connectivity index (χ1v) is 8.41. The summed E-state index contributed by atoms with van der Waals surface area (Å²) in [5, 5.41) is 6.47. The van der Waals surface area contributed by atoms with Gasteiger partial charge < -0.3 is 15.5 Å². The van der Waals surface area contributed by atoms with E-state index in [1.807, 2.05) is 43.9 Å². The smallest absolute Gasteiger partial charge is 0.224 e. The van der Waals surface area contributed by atoms with Crippen molar-refractivity contribution in [1.82, 2.24) is 20.5 Å². The van der Waals surface area contributed by atoms with Crippen LogP contribution in [0, 0.1) is 0 Å². The summed E-state index contributed by atoms with van der Waals surface area (Å²) in [7, 11) is 0. The van der Waals surface area contributed by atoms with Crippen molar-refractivity contribution in [3.63, 3.8) is 0 Å². The fraction of sp³-hybridized carbons (Fsp3) is 0.588. The Morgan fingerprint density at radius 3 is 2.61 bits per heavy atom. The van der Waals surface area contributed by atoms with E-state index in [1.54, 1.807) is 6.20 Å². The Labute approximate surface area is 139 Å². The summed E-state index contributed by atoms with van der Waals surface area (Å²) in [5.41, 5.74) is 1.05. The maximum atomic E-state index is 12.0. The normalized spacial score (nSPS) is 11.2. The number of pyridine rings is 1. The van der Waals surface area contributed by atoms with Gasteiger partial charge in [0.15, 0.2) is 5.96 Å². The van der Waals surface area contributed by atoms with Gasteiger partial charge >= 0.3 is 0 Å².